The fourth-order valence-electron chi connectivity index (χ4n) is 1.28. The van der Waals surface area contributed by atoms with Crippen LogP contribution in [-0.4, -0.2) is 18.6 Å². The summed E-state index contributed by atoms with van der Waals surface area (Å²) in [5, 5.41) is 11.4. The highest BCUT2D eigenvalue weighted by Crippen LogP contribution is 2.11. The lowest BCUT2D eigenvalue weighted by Crippen LogP contribution is -2.31. The van der Waals surface area contributed by atoms with Crippen LogP contribution in [0.25, 0.3) is 0 Å². The fraction of sp³-hybridized carbons (Fsp3) is 0.385. The van der Waals surface area contributed by atoms with E-state index in [-0.39, 0.29) is 11.9 Å². The van der Waals surface area contributed by atoms with Gasteiger partial charge >= 0.3 is 0 Å². The maximum Gasteiger partial charge on any atom is 0.223 e. The van der Waals surface area contributed by atoms with Crippen LogP contribution in [0.15, 0.2) is 24.3 Å². The molecular weight excluding hydrogens is 216 g/mol. The molecule has 0 aliphatic carbocycles. The number of nitriles is 1. The zero-order valence-corrected chi connectivity index (χ0v) is 10.1. The van der Waals surface area contributed by atoms with Crippen LogP contribution in [0, 0.1) is 11.3 Å². The predicted molar refractivity (Wildman–Crippen MR) is 64.5 cm³/mol. The van der Waals surface area contributed by atoms with Crippen LogP contribution in [0.5, 0.6) is 5.75 Å². The normalized spacial score (nSPS) is 9.76. The van der Waals surface area contributed by atoms with Crippen molar-refractivity contribution in [2.75, 3.05) is 6.61 Å². The van der Waals surface area contributed by atoms with Crippen molar-refractivity contribution in [3.05, 3.63) is 29.8 Å². The SMILES string of the molecule is CC(C)NC(=O)CCOc1ccc(C#N)cc1. The van der Waals surface area contributed by atoms with Gasteiger partial charge in [0.2, 0.25) is 5.91 Å². The molecule has 0 saturated heterocycles. The molecule has 0 saturated carbocycles. The lowest BCUT2D eigenvalue weighted by atomic mass is 10.2. The highest BCUT2D eigenvalue weighted by Gasteiger charge is 2.03. The maximum absolute atomic E-state index is 11.3. The molecule has 1 rings (SSSR count). The van der Waals surface area contributed by atoms with Gasteiger partial charge in [-0.3, -0.25) is 4.79 Å². The molecular formula is C13H16N2O2. The second kappa shape index (κ2) is 6.54. The van der Waals surface area contributed by atoms with Gasteiger partial charge in [0.25, 0.3) is 0 Å². The van der Waals surface area contributed by atoms with Crippen molar-refractivity contribution in [3.63, 3.8) is 0 Å². The molecule has 0 atom stereocenters. The van der Waals surface area contributed by atoms with Gasteiger partial charge in [0.05, 0.1) is 24.7 Å². The number of benzene rings is 1. The molecule has 4 nitrogen and oxygen atoms in total. The van der Waals surface area contributed by atoms with Crippen LogP contribution < -0.4 is 10.1 Å². The smallest absolute Gasteiger partial charge is 0.223 e. The standard InChI is InChI=1S/C13H16N2O2/c1-10(2)15-13(16)7-8-17-12-5-3-11(9-14)4-6-12/h3-6,10H,7-8H2,1-2H3,(H,15,16). The second-order valence-electron chi connectivity index (χ2n) is 3.96. The minimum atomic E-state index is -0.0198. The van der Waals surface area contributed by atoms with E-state index in [1.807, 2.05) is 19.9 Å². The van der Waals surface area contributed by atoms with Gasteiger partial charge in [0, 0.05) is 6.04 Å². The Bertz CT molecular complexity index is 404. The first kappa shape index (κ1) is 13.0. The van der Waals surface area contributed by atoms with Crippen molar-refractivity contribution in [2.24, 2.45) is 0 Å². The van der Waals surface area contributed by atoms with E-state index < -0.39 is 0 Å². The lowest BCUT2D eigenvalue weighted by molar-refractivity contribution is -0.122. The molecule has 0 heterocycles. The van der Waals surface area contributed by atoms with Crippen molar-refractivity contribution in [2.45, 2.75) is 26.3 Å². The fourth-order valence-corrected chi connectivity index (χ4v) is 1.28. The minimum absolute atomic E-state index is 0.0198. The molecule has 0 aliphatic heterocycles. The molecule has 1 amide bonds. The molecule has 1 N–H and O–H groups in total. The summed E-state index contributed by atoms with van der Waals surface area (Å²) in [6, 6.07) is 8.99. The van der Waals surface area contributed by atoms with Crippen LogP contribution in [0.4, 0.5) is 0 Å². The molecule has 0 aliphatic rings. The Balaban J connectivity index is 2.31. The molecule has 4 heteroatoms. The summed E-state index contributed by atoms with van der Waals surface area (Å²) >= 11 is 0. The number of nitrogens with zero attached hydrogens (tertiary/aromatic N) is 1. The Morgan fingerprint density at radius 2 is 2.06 bits per heavy atom. The summed E-state index contributed by atoms with van der Waals surface area (Å²) in [6.45, 7) is 4.17. The predicted octanol–water partition coefficient (Wildman–Crippen LogP) is 1.85. The number of hydrogen-bond donors (Lipinski definition) is 1. The Labute approximate surface area is 101 Å². The highest BCUT2D eigenvalue weighted by molar-refractivity contribution is 5.76. The van der Waals surface area contributed by atoms with Gasteiger partial charge in [-0.15, -0.1) is 0 Å². The van der Waals surface area contributed by atoms with E-state index in [1.54, 1.807) is 24.3 Å². The quantitative estimate of drug-likeness (QED) is 0.842. The van der Waals surface area contributed by atoms with Crippen LogP contribution in [-0.2, 0) is 4.79 Å². The van der Waals surface area contributed by atoms with E-state index in [0.29, 0.717) is 24.3 Å². The van der Waals surface area contributed by atoms with Crippen LogP contribution in [0.1, 0.15) is 25.8 Å². The number of carbonyl (C=O) groups excluding carboxylic acids is 1. The zero-order valence-electron chi connectivity index (χ0n) is 10.1. The largest absolute Gasteiger partial charge is 0.493 e. The molecule has 0 aromatic heterocycles. The molecule has 1 aromatic rings. The number of amides is 1. The van der Waals surface area contributed by atoms with E-state index >= 15 is 0 Å². The van der Waals surface area contributed by atoms with Crippen LogP contribution >= 0.6 is 0 Å². The van der Waals surface area contributed by atoms with Crippen molar-refractivity contribution >= 4 is 5.91 Å². The molecule has 17 heavy (non-hydrogen) atoms. The first-order valence-electron chi connectivity index (χ1n) is 5.54. The molecule has 0 fully saturated rings. The topological polar surface area (TPSA) is 62.1 Å². The Morgan fingerprint density at radius 3 is 2.59 bits per heavy atom. The molecule has 0 bridgehead atoms. The third-order valence-electron chi connectivity index (χ3n) is 2.03. The summed E-state index contributed by atoms with van der Waals surface area (Å²) in [5.74, 6) is 0.648. The van der Waals surface area contributed by atoms with Crippen molar-refractivity contribution < 1.29 is 9.53 Å². The molecule has 90 valence electrons. The van der Waals surface area contributed by atoms with Crippen molar-refractivity contribution in [1.82, 2.24) is 5.32 Å². The molecule has 1 aromatic carbocycles. The van der Waals surface area contributed by atoms with E-state index in [1.165, 1.54) is 0 Å². The highest BCUT2D eigenvalue weighted by atomic mass is 16.5. The molecule has 0 radical (unpaired) electrons. The van der Waals surface area contributed by atoms with E-state index in [9.17, 15) is 4.79 Å². The third-order valence-corrected chi connectivity index (χ3v) is 2.03. The maximum atomic E-state index is 11.3. The van der Waals surface area contributed by atoms with Crippen molar-refractivity contribution in [1.29, 1.82) is 5.26 Å². The van der Waals surface area contributed by atoms with Gasteiger partial charge < -0.3 is 10.1 Å². The van der Waals surface area contributed by atoms with Crippen LogP contribution in [0.3, 0.4) is 0 Å². The second-order valence-corrected chi connectivity index (χ2v) is 3.96. The number of hydrogen-bond acceptors (Lipinski definition) is 3. The third kappa shape index (κ3) is 5.03. The summed E-state index contributed by atoms with van der Waals surface area (Å²) in [7, 11) is 0. The summed E-state index contributed by atoms with van der Waals surface area (Å²) in [5.41, 5.74) is 0.593. The van der Waals surface area contributed by atoms with Gasteiger partial charge in [-0.25, -0.2) is 0 Å². The summed E-state index contributed by atoms with van der Waals surface area (Å²) in [6.07, 6.45) is 0.332. The van der Waals surface area contributed by atoms with E-state index in [2.05, 4.69) is 5.32 Å². The number of nitrogens with one attached hydrogen (secondary N) is 1. The number of ether oxygens (including phenoxy) is 1. The molecule has 0 unspecified atom stereocenters. The van der Waals surface area contributed by atoms with E-state index in [4.69, 9.17) is 10.00 Å². The zero-order chi connectivity index (χ0) is 12.7. The summed E-state index contributed by atoms with van der Waals surface area (Å²) < 4.78 is 5.39. The number of rotatable bonds is 5. The van der Waals surface area contributed by atoms with Gasteiger partial charge in [0.1, 0.15) is 5.75 Å². The first-order chi connectivity index (χ1) is 8.11. The average Bonchev–Trinajstić information content (AvgIpc) is 2.29. The first-order valence-corrected chi connectivity index (χ1v) is 5.54. The lowest BCUT2D eigenvalue weighted by Gasteiger charge is -2.09. The van der Waals surface area contributed by atoms with Gasteiger partial charge in [-0.2, -0.15) is 5.26 Å². The van der Waals surface area contributed by atoms with Gasteiger partial charge in [-0.1, -0.05) is 0 Å². The van der Waals surface area contributed by atoms with E-state index in [0.717, 1.165) is 0 Å². The Kier molecular flexibility index (Phi) is 5.02. The van der Waals surface area contributed by atoms with Crippen LogP contribution in [0.2, 0.25) is 0 Å². The van der Waals surface area contributed by atoms with Gasteiger partial charge in [0.15, 0.2) is 0 Å². The molecule has 0 spiro atoms. The minimum Gasteiger partial charge on any atom is -0.493 e. The Hall–Kier alpha value is -2.02. The van der Waals surface area contributed by atoms with Gasteiger partial charge in [-0.05, 0) is 38.1 Å². The average molecular weight is 232 g/mol. The summed E-state index contributed by atoms with van der Waals surface area (Å²) in [4.78, 5) is 11.3. The number of carbonyl (C=O) groups is 1. The monoisotopic (exact) mass is 232 g/mol. The van der Waals surface area contributed by atoms with Crippen molar-refractivity contribution in [3.8, 4) is 11.8 Å². The Morgan fingerprint density at radius 1 is 1.41 bits per heavy atom.